The van der Waals surface area contributed by atoms with Gasteiger partial charge in [0, 0.05) is 73.9 Å². The van der Waals surface area contributed by atoms with E-state index in [9.17, 15) is 24.0 Å². The zero-order valence-electron chi connectivity index (χ0n) is 40.5. The molecule has 19 nitrogen and oxygen atoms in total. The molecule has 0 saturated carbocycles. The summed E-state index contributed by atoms with van der Waals surface area (Å²) < 4.78 is 25.0. The van der Waals surface area contributed by atoms with Crippen molar-refractivity contribution >= 4 is 40.9 Å². The molecule has 2 unspecified atom stereocenters. The number of imide groups is 1. The van der Waals surface area contributed by atoms with Gasteiger partial charge in [-0.05, 0) is 99.5 Å². The summed E-state index contributed by atoms with van der Waals surface area (Å²) >= 11 is 0. The Kier molecular flexibility index (Phi) is 19.5. The van der Waals surface area contributed by atoms with Crippen molar-refractivity contribution in [1.29, 1.82) is 0 Å². The Morgan fingerprint density at radius 3 is 2.31 bits per heavy atom. The topological polar surface area (TPSA) is 230 Å². The quantitative estimate of drug-likeness (QED) is 0.0304. The van der Waals surface area contributed by atoms with Crippen molar-refractivity contribution in [2.45, 2.75) is 96.3 Å². The van der Waals surface area contributed by atoms with Crippen LogP contribution in [0.1, 0.15) is 115 Å². The molecule has 0 bridgehead atoms. The lowest BCUT2D eigenvalue weighted by Gasteiger charge is -2.29. The van der Waals surface area contributed by atoms with Crippen LogP contribution in [0.2, 0.25) is 0 Å². The molecule has 0 radical (unpaired) electrons. The van der Waals surface area contributed by atoms with Gasteiger partial charge in [0.25, 0.3) is 11.8 Å². The average molecular weight is 973 g/mol. The summed E-state index contributed by atoms with van der Waals surface area (Å²) in [5.41, 5.74) is 4.68. The molecule has 3 aromatic carbocycles. The van der Waals surface area contributed by atoms with E-state index in [4.69, 9.17) is 18.9 Å². The van der Waals surface area contributed by atoms with Gasteiger partial charge in [0.15, 0.2) is 11.6 Å². The second-order valence-electron chi connectivity index (χ2n) is 17.5. The molecule has 0 aliphatic carbocycles. The maximum atomic E-state index is 13.3. The number of nitrogens with zero attached hydrogens (tertiary/aromatic N) is 6. The number of anilines is 2. The monoisotopic (exact) mass is 972 g/mol. The van der Waals surface area contributed by atoms with Crippen molar-refractivity contribution < 1.29 is 42.9 Å². The Hall–Kier alpha value is -7.09. The van der Waals surface area contributed by atoms with Gasteiger partial charge in [-0.3, -0.25) is 29.3 Å². The van der Waals surface area contributed by atoms with Gasteiger partial charge >= 0.3 is 0 Å². The van der Waals surface area contributed by atoms with E-state index in [0.29, 0.717) is 99.5 Å². The number of nitrogens with one attached hydrogen (secondary N) is 4. The van der Waals surface area contributed by atoms with Gasteiger partial charge in [0.2, 0.25) is 17.7 Å². The molecule has 4 N–H and O–H groups in total. The van der Waals surface area contributed by atoms with E-state index < -0.39 is 11.9 Å². The first kappa shape index (κ1) is 51.8. The van der Waals surface area contributed by atoms with Crippen molar-refractivity contribution in [3.63, 3.8) is 0 Å². The molecule has 5 aromatic rings. The first-order valence-corrected chi connectivity index (χ1v) is 24.5. The molecule has 376 valence electrons. The van der Waals surface area contributed by atoms with Crippen LogP contribution in [-0.2, 0) is 48.7 Å². The highest BCUT2D eigenvalue weighted by atomic mass is 16.5. The molecule has 71 heavy (non-hydrogen) atoms. The lowest BCUT2D eigenvalue weighted by atomic mass is 10.0. The Balaban J connectivity index is 0.657. The van der Waals surface area contributed by atoms with Crippen LogP contribution in [0, 0.1) is 0 Å². The van der Waals surface area contributed by atoms with E-state index in [-0.39, 0.29) is 49.1 Å². The van der Waals surface area contributed by atoms with Gasteiger partial charge in [-0.15, -0.1) is 10.2 Å². The van der Waals surface area contributed by atoms with Gasteiger partial charge in [-0.2, -0.15) is 0 Å². The van der Waals surface area contributed by atoms with Crippen LogP contribution in [0.4, 0.5) is 11.4 Å². The highest BCUT2D eigenvalue weighted by molar-refractivity contribution is 6.06. The molecule has 7 rings (SSSR count). The van der Waals surface area contributed by atoms with Crippen molar-refractivity contribution in [2.24, 2.45) is 7.05 Å². The third-order valence-corrected chi connectivity index (χ3v) is 12.3. The smallest absolute Gasteiger partial charge is 0.255 e. The molecule has 5 amide bonds. The number of unbranched alkanes of at least 4 members (excludes halogenated alkanes) is 5. The number of amides is 5. The lowest BCUT2D eigenvalue weighted by Crippen LogP contribution is -2.52. The number of benzene rings is 3. The van der Waals surface area contributed by atoms with Crippen LogP contribution in [0.5, 0.6) is 5.75 Å². The SMILES string of the molecule is CC(NC(=O)c1cccc(NCc2nnc(-c3ccncn3)n2C)c1)c1cccc(OCCCCCCOCCOCCOCCCCCC(=O)Nc2cccc3c2CN(C2CCC(=O)NC2=O)C3=O)c1. The average Bonchev–Trinajstić information content (AvgIpc) is 3.92. The maximum Gasteiger partial charge on any atom is 0.255 e. The molecule has 19 heteroatoms. The fraction of sp³-hybridized carbons (Fsp3) is 0.442. The third kappa shape index (κ3) is 15.2. The second kappa shape index (κ2) is 26.8. The van der Waals surface area contributed by atoms with Gasteiger partial charge in [0.1, 0.15) is 23.8 Å². The van der Waals surface area contributed by atoms with Crippen LogP contribution in [0.3, 0.4) is 0 Å². The van der Waals surface area contributed by atoms with Crippen LogP contribution >= 0.6 is 0 Å². The molecule has 2 atom stereocenters. The molecule has 4 heterocycles. The number of carbonyl (C=O) groups excluding carboxylic acids is 5. The Morgan fingerprint density at radius 1 is 0.817 bits per heavy atom. The first-order valence-electron chi connectivity index (χ1n) is 24.5. The normalized spacial score (nSPS) is 14.8. The second-order valence-corrected chi connectivity index (χ2v) is 17.5. The standard InChI is InChI=1S/C52H64N10O9/c1-36(56-50(65)38-14-10-15-39(31-38)54-33-46-59-60-49(61(46)2)44-22-23-53-35-55-44)37-13-11-16-40(32-37)71-26-9-4-3-7-24-68-27-29-70-30-28-69-25-8-5-6-19-47(63)57-43-18-12-17-41-42(43)34-62(52(41)67)45-20-21-48(64)58-51(45)66/h10-18,22-23,31-32,35-36,45,54H,3-9,19-21,24-30,33-34H2,1-2H3,(H,56,65)(H,57,63)(H,58,64,66). The highest BCUT2D eigenvalue weighted by Crippen LogP contribution is 2.32. The van der Waals surface area contributed by atoms with Gasteiger partial charge in [-0.1, -0.05) is 37.1 Å². The fourth-order valence-electron chi connectivity index (χ4n) is 8.32. The Labute approximate surface area is 413 Å². The predicted octanol–water partition coefficient (Wildman–Crippen LogP) is 6.32. The van der Waals surface area contributed by atoms with Crippen LogP contribution in [-0.4, -0.2) is 111 Å². The zero-order chi connectivity index (χ0) is 49.8. The summed E-state index contributed by atoms with van der Waals surface area (Å²) in [7, 11) is 1.88. The number of ether oxygens (including phenoxy) is 4. The molecular formula is C52H64N10O9. The fourth-order valence-corrected chi connectivity index (χ4v) is 8.32. The number of aromatic nitrogens is 5. The molecule has 2 aromatic heterocycles. The van der Waals surface area contributed by atoms with Crippen molar-refractivity contribution in [1.82, 2.24) is 40.3 Å². The minimum Gasteiger partial charge on any atom is -0.494 e. The van der Waals surface area contributed by atoms with Crippen LogP contribution in [0.25, 0.3) is 11.5 Å². The van der Waals surface area contributed by atoms with E-state index in [1.54, 1.807) is 36.5 Å². The van der Waals surface area contributed by atoms with E-state index in [1.165, 1.54) is 11.2 Å². The molecule has 1 saturated heterocycles. The number of hydrogen-bond donors (Lipinski definition) is 4. The van der Waals surface area contributed by atoms with Crippen molar-refractivity contribution in [3.8, 4) is 17.3 Å². The number of rotatable bonds is 29. The summed E-state index contributed by atoms with van der Waals surface area (Å²) in [4.78, 5) is 72.7. The third-order valence-electron chi connectivity index (χ3n) is 12.3. The number of fused-ring (bicyclic) bond motifs is 1. The largest absolute Gasteiger partial charge is 0.494 e. The summed E-state index contributed by atoms with van der Waals surface area (Å²) in [5, 5.41) is 20.3. The van der Waals surface area contributed by atoms with Crippen molar-refractivity contribution in [3.05, 3.63) is 113 Å². The van der Waals surface area contributed by atoms with E-state index in [1.807, 2.05) is 61.0 Å². The van der Waals surface area contributed by atoms with Gasteiger partial charge in [0.05, 0.1) is 45.6 Å². The zero-order valence-corrected chi connectivity index (χ0v) is 40.5. The minimum absolute atomic E-state index is 0.136. The minimum atomic E-state index is -0.706. The summed E-state index contributed by atoms with van der Waals surface area (Å²) in [6, 6.07) is 21.2. The van der Waals surface area contributed by atoms with E-state index >= 15 is 0 Å². The summed E-state index contributed by atoms with van der Waals surface area (Å²) in [5.74, 6) is 0.746. The summed E-state index contributed by atoms with van der Waals surface area (Å²) in [6.07, 6.45) is 10.3. The van der Waals surface area contributed by atoms with Gasteiger partial charge < -0.3 is 44.4 Å². The molecule has 2 aliphatic heterocycles. The lowest BCUT2D eigenvalue weighted by molar-refractivity contribution is -0.137. The predicted molar refractivity (Wildman–Crippen MR) is 264 cm³/mol. The Bertz CT molecular complexity index is 2570. The molecular weight excluding hydrogens is 909 g/mol. The summed E-state index contributed by atoms with van der Waals surface area (Å²) in [6.45, 7) is 6.45. The number of piperidine rings is 1. The molecule has 1 fully saturated rings. The van der Waals surface area contributed by atoms with E-state index in [2.05, 4.69) is 41.4 Å². The van der Waals surface area contributed by atoms with Gasteiger partial charge in [-0.25, -0.2) is 9.97 Å². The number of hydrogen-bond acceptors (Lipinski definition) is 14. The Morgan fingerprint density at radius 2 is 1.55 bits per heavy atom. The van der Waals surface area contributed by atoms with E-state index in [0.717, 1.165) is 61.3 Å². The van der Waals surface area contributed by atoms with Crippen molar-refractivity contribution in [2.75, 3.05) is 56.9 Å². The molecule has 2 aliphatic rings. The molecule has 0 spiro atoms. The van der Waals surface area contributed by atoms with Crippen LogP contribution in [0.15, 0.2) is 85.3 Å². The highest BCUT2D eigenvalue weighted by Gasteiger charge is 2.40. The van der Waals surface area contributed by atoms with Crippen LogP contribution < -0.4 is 26.0 Å². The first-order chi connectivity index (χ1) is 34.6. The maximum absolute atomic E-state index is 13.3. The number of carbonyl (C=O) groups is 5.